The lowest BCUT2D eigenvalue weighted by Gasteiger charge is -2.03. The monoisotopic (exact) mass is 258 g/mol. The van der Waals surface area contributed by atoms with E-state index in [0.717, 1.165) is 6.42 Å². The summed E-state index contributed by atoms with van der Waals surface area (Å²) in [5.41, 5.74) is 0. The van der Waals surface area contributed by atoms with Gasteiger partial charge in [-0.05, 0) is 6.42 Å². The largest absolute Gasteiger partial charge is 0.467 e. The molecular formula is C15H30O3. The molecule has 3 heteroatoms. The Labute approximate surface area is 112 Å². The normalized spacial score (nSPS) is 10.6. The van der Waals surface area contributed by atoms with Crippen LogP contribution in [-0.4, -0.2) is 26.3 Å². The van der Waals surface area contributed by atoms with Gasteiger partial charge >= 0.3 is 5.97 Å². The predicted octanol–water partition coefficient (Wildman–Crippen LogP) is 4.10. The smallest absolute Gasteiger partial charge is 0.331 e. The minimum Gasteiger partial charge on any atom is -0.467 e. The molecule has 0 atom stereocenters. The third-order valence-electron chi connectivity index (χ3n) is 3.09. The second-order valence-electron chi connectivity index (χ2n) is 4.81. The molecule has 0 aliphatic carbocycles. The molecule has 0 aromatic carbocycles. The zero-order valence-corrected chi connectivity index (χ0v) is 12.2. The molecule has 0 bridgehead atoms. The number of carbonyl (C=O) groups excluding carboxylic acids is 1. The lowest BCUT2D eigenvalue weighted by Crippen LogP contribution is -2.10. The molecule has 0 aliphatic rings. The van der Waals surface area contributed by atoms with E-state index >= 15 is 0 Å². The molecule has 0 radical (unpaired) electrons. The number of unbranched alkanes of at least 4 members (excludes halogenated alkanes) is 9. The standard InChI is InChI=1S/C15H30O3/c1-3-4-5-6-7-8-9-10-11-12-13-18-14-15(16)17-2/h3-14H2,1-2H3. The highest BCUT2D eigenvalue weighted by Gasteiger charge is 1.98. The van der Waals surface area contributed by atoms with Crippen LogP contribution in [0.2, 0.25) is 0 Å². The van der Waals surface area contributed by atoms with Crippen molar-refractivity contribution in [1.29, 1.82) is 0 Å². The zero-order chi connectivity index (χ0) is 13.5. The molecular weight excluding hydrogens is 228 g/mol. The van der Waals surface area contributed by atoms with Crippen molar-refractivity contribution in [1.82, 2.24) is 0 Å². The van der Waals surface area contributed by atoms with Crippen molar-refractivity contribution in [3.8, 4) is 0 Å². The van der Waals surface area contributed by atoms with Crippen LogP contribution in [0.15, 0.2) is 0 Å². The minimum atomic E-state index is -0.290. The first-order chi connectivity index (χ1) is 8.81. The summed E-state index contributed by atoms with van der Waals surface area (Å²) in [5.74, 6) is -0.290. The van der Waals surface area contributed by atoms with Crippen molar-refractivity contribution >= 4 is 5.97 Å². The molecule has 0 aromatic heterocycles. The van der Waals surface area contributed by atoms with E-state index in [1.165, 1.54) is 64.9 Å². The Morgan fingerprint density at radius 3 is 1.83 bits per heavy atom. The molecule has 0 saturated heterocycles. The third kappa shape index (κ3) is 13.5. The van der Waals surface area contributed by atoms with Gasteiger partial charge in [0.15, 0.2) is 0 Å². The van der Waals surface area contributed by atoms with Gasteiger partial charge in [-0.15, -0.1) is 0 Å². The van der Waals surface area contributed by atoms with Crippen LogP contribution in [0.5, 0.6) is 0 Å². The highest BCUT2D eigenvalue weighted by Crippen LogP contribution is 2.10. The van der Waals surface area contributed by atoms with Crippen LogP contribution in [0.25, 0.3) is 0 Å². The quantitative estimate of drug-likeness (QED) is 0.368. The summed E-state index contributed by atoms with van der Waals surface area (Å²) in [6, 6.07) is 0. The Balaban J connectivity index is 2.97. The molecule has 0 aromatic rings. The number of esters is 1. The number of hydrogen-bond donors (Lipinski definition) is 0. The summed E-state index contributed by atoms with van der Waals surface area (Å²) in [6.07, 6.45) is 13.1. The number of carbonyl (C=O) groups is 1. The first-order valence-corrected chi connectivity index (χ1v) is 7.45. The molecule has 0 spiro atoms. The van der Waals surface area contributed by atoms with Gasteiger partial charge in [-0.2, -0.15) is 0 Å². The molecule has 0 rings (SSSR count). The molecule has 0 N–H and O–H groups in total. The summed E-state index contributed by atoms with van der Waals surface area (Å²) in [5, 5.41) is 0. The topological polar surface area (TPSA) is 35.5 Å². The van der Waals surface area contributed by atoms with Crippen LogP contribution in [0.3, 0.4) is 0 Å². The second kappa shape index (κ2) is 14.5. The Hall–Kier alpha value is -0.570. The van der Waals surface area contributed by atoms with Gasteiger partial charge in [-0.1, -0.05) is 64.7 Å². The zero-order valence-electron chi connectivity index (χ0n) is 12.2. The number of methoxy groups -OCH3 is 1. The molecule has 0 aliphatic heterocycles. The third-order valence-corrected chi connectivity index (χ3v) is 3.09. The molecule has 0 amide bonds. The average Bonchev–Trinajstić information content (AvgIpc) is 2.39. The highest BCUT2D eigenvalue weighted by molar-refractivity contribution is 5.70. The molecule has 0 fully saturated rings. The van der Waals surface area contributed by atoms with E-state index in [2.05, 4.69) is 11.7 Å². The van der Waals surface area contributed by atoms with Crippen LogP contribution in [0.1, 0.15) is 71.1 Å². The first kappa shape index (κ1) is 17.4. The lowest BCUT2D eigenvalue weighted by atomic mass is 10.1. The average molecular weight is 258 g/mol. The lowest BCUT2D eigenvalue weighted by molar-refractivity contribution is -0.145. The molecule has 18 heavy (non-hydrogen) atoms. The predicted molar refractivity (Wildman–Crippen MR) is 74.7 cm³/mol. The Morgan fingerprint density at radius 1 is 0.833 bits per heavy atom. The van der Waals surface area contributed by atoms with Gasteiger partial charge in [0, 0.05) is 6.61 Å². The summed E-state index contributed by atoms with van der Waals surface area (Å²) < 4.78 is 9.67. The van der Waals surface area contributed by atoms with Crippen molar-refractivity contribution in [3.63, 3.8) is 0 Å². The first-order valence-electron chi connectivity index (χ1n) is 7.45. The van der Waals surface area contributed by atoms with Gasteiger partial charge in [0.2, 0.25) is 0 Å². The second-order valence-corrected chi connectivity index (χ2v) is 4.81. The summed E-state index contributed by atoms with van der Waals surface area (Å²) in [4.78, 5) is 10.7. The van der Waals surface area contributed by atoms with Gasteiger partial charge in [-0.3, -0.25) is 0 Å². The summed E-state index contributed by atoms with van der Waals surface area (Å²) in [7, 11) is 1.38. The van der Waals surface area contributed by atoms with Crippen molar-refractivity contribution in [2.45, 2.75) is 71.1 Å². The van der Waals surface area contributed by atoms with Crippen LogP contribution < -0.4 is 0 Å². The fourth-order valence-corrected chi connectivity index (χ4v) is 1.91. The van der Waals surface area contributed by atoms with Gasteiger partial charge in [0.1, 0.15) is 6.61 Å². The molecule has 0 heterocycles. The number of hydrogen-bond acceptors (Lipinski definition) is 3. The SMILES string of the molecule is CCCCCCCCCCCCOCC(=O)OC. The number of ether oxygens (including phenoxy) is 2. The fourth-order valence-electron chi connectivity index (χ4n) is 1.91. The van der Waals surface area contributed by atoms with E-state index in [9.17, 15) is 4.79 Å². The Kier molecular flexibility index (Phi) is 14.0. The van der Waals surface area contributed by atoms with Crippen LogP contribution in [0, 0.1) is 0 Å². The van der Waals surface area contributed by atoms with Crippen molar-refractivity contribution in [2.75, 3.05) is 20.3 Å². The minimum absolute atomic E-state index is 0.0912. The van der Waals surface area contributed by atoms with E-state index in [0.29, 0.717) is 6.61 Å². The van der Waals surface area contributed by atoms with Crippen LogP contribution >= 0.6 is 0 Å². The number of rotatable bonds is 13. The molecule has 108 valence electrons. The van der Waals surface area contributed by atoms with E-state index in [1.54, 1.807) is 0 Å². The maximum atomic E-state index is 10.7. The maximum absolute atomic E-state index is 10.7. The van der Waals surface area contributed by atoms with E-state index in [4.69, 9.17) is 4.74 Å². The molecule has 3 nitrogen and oxygen atoms in total. The van der Waals surface area contributed by atoms with E-state index in [1.807, 2.05) is 0 Å². The Morgan fingerprint density at radius 2 is 1.33 bits per heavy atom. The molecule has 0 saturated carbocycles. The maximum Gasteiger partial charge on any atom is 0.331 e. The fraction of sp³-hybridized carbons (Fsp3) is 0.933. The van der Waals surface area contributed by atoms with Crippen molar-refractivity contribution in [2.24, 2.45) is 0 Å². The van der Waals surface area contributed by atoms with Gasteiger partial charge in [-0.25, -0.2) is 4.79 Å². The van der Waals surface area contributed by atoms with Crippen molar-refractivity contribution in [3.05, 3.63) is 0 Å². The highest BCUT2D eigenvalue weighted by atomic mass is 16.6. The summed E-state index contributed by atoms with van der Waals surface area (Å²) >= 11 is 0. The van der Waals surface area contributed by atoms with Gasteiger partial charge < -0.3 is 9.47 Å². The van der Waals surface area contributed by atoms with Crippen molar-refractivity contribution < 1.29 is 14.3 Å². The van der Waals surface area contributed by atoms with Gasteiger partial charge in [0.05, 0.1) is 7.11 Å². The van der Waals surface area contributed by atoms with Crippen LogP contribution in [0.4, 0.5) is 0 Å². The van der Waals surface area contributed by atoms with E-state index < -0.39 is 0 Å². The van der Waals surface area contributed by atoms with E-state index in [-0.39, 0.29) is 12.6 Å². The Bertz CT molecular complexity index is 181. The summed E-state index contributed by atoms with van der Waals surface area (Å²) in [6.45, 7) is 3.02. The molecule has 0 unspecified atom stereocenters. The van der Waals surface area contributed by atoms with Crippen LogP contribution in [-0.2, 0) is 14.3 Å². The van der Waals surface area contributed by atoms with Gasteiger partial charge in [0.25, 0.3) is 0 Å².